The van der Waals surface area contributed by atoms with Crippen molar-refractivity contribution in [2.45, 2.75) is 6.18 Å². The molecular formula is C13H9ClF3N3O. The van der Waals surface area contributed by atoms with Crippen LogP contribution in [0.4, 0.5) is 18.9 Å². The van der Waals surface area contributed by atoms with Gasteiger partial charge in [0.15, 0.2) is 0 Å². The number of carbonyl (C=O) groups excluding carboxylic acids is 1. The molecule has 21 heavy (non-hydrogen) atoms. The number of hydrogen-bond acceptors (Lipinski definition) is 3. The van der Waals surface area contributed by atoms with Crippen molar-refractivity contribution in [3.8, 4) is 11.3 Å². The Hall–Kier alpha value is -2.28. The van der Waals surface area contributed by atoms with Crippen LogP contribution in [0.1, 0.15) is 15.9 Å². The van der Waals surface area contributed by atoms with E-state index in [-0.39, 0.29) is 27.7 Å². The van der Waals surface area contributed by atoms with Gasteiger partial charge in [-0.05, 0) is 12.1 Å². The maximum Gasteiger partial charge on any atom is 0.417 e. The van der Waals surface area contributed by atoms with Crippen molar-refractivity contribution in [1.29, 1.82) is 0 Å². The molecule has 1 amide bonds. The highest BCUT2D eigenvalue weighted by atomic mass is 35.5. The van der Waals surface area contributed by atoms with Gasteiger partial charge in [-0.15, -0.1) is 0 Å². The molecule has 4 N–H and O–H groups in total. The number of nitrogen functional groups attached to an aromatic ring is 1. The first-order valence-corrected chi connectivity index (χ1v) is 6.02. The highest BCUT2D eigenvalue weighted by Crippen LogP contribution is 2.37. The van der Waals surface area contributed by atoms with Gasteiger partial charge >= 0.3 is 6.18 Å². The maximum atomic E-state index is 13.0. The number of pyridine rings is 1. The SMILES string of the molecule is NC(=O)c1c(N)cc(-c2ccccc2C(F)(F)F)nc1Cl. The summed E-state index contributed by atoms with van der Waals surface area (Å²) in [7, 11) is 0. The summed E-state index contributed by atoms with van der Waals surface area (Å²) in [6.07, 6.45) is -4.55. The van der Waals surface area contributed by atoms with Gasteiger partial charge in [0.05, 0.1) is 16.8 Å². The summed E-state index contributed by atoms with van der Waals surface area (Å²) >= 11 is 5.77. The summed E-state index contributed by atoms with van der Waals surface area (Å²) in [6.45, 7) is 0. The predicted molar refractivity (Wildman–Crippen MR) is 72.6 cm³/mol. The molecule has 0 unspecified atom stereocenters. The fraction of sp³-hybridized carbons (Fsp3) is 0.0769. The van der Waals surface area contributed by atoms with E-state index in [1.54, 1.807) is 0 Å². The van der Waals surface area contributed by atoms with Crippen molar-refractivity contribution in [2.24, 2.45) is 5.73 Å². The molecule has 1 heterocycles. The lowest BCUT2D eigenvalue weighted by Gasteiger charge is -2.13. The number of hydrogen-bond donors (Lipinski definition) is 2. The molecular weight excluding hydrogens is 307 g/mol. The molecule has 4 nitrogen and oxygen atoms in total. The van der Waals surface area contributed by atoms with Crippen LogP contribution >= 0.6 is 11.6 Å². The fourth-order valence-corrected chi connectivity index (χ4v) is 2.16. The summed E-state index contributed by atoms with van der Waals surface area (Å²) < 4.78 is 38.9. The molecule has 1 aromatic carbocycles. The first kappa shape index (κ1) is 15.1. The first-order chi connectivity index (χ1) is 9.71. The number of nitrogens with two attached hydrogens (primary N) is 2. The van der Waals surface area contributed by atoms with Gasteiger partial charge in [-0.1, -0.05) is 29.8 Å². The summed E-state index contributed by atoms with van der Waals surface area (Å²) in [4.78, 5) is 14.9. The van der Waals surface area contributed by atoms with Crippen molar-refractivity contribution in [1.82, 2.24) is 4.98 Å². The number of nitrogens with zero attached hydrogens (tertiary/aromatic N) is 1. The first-order valence-electron chi connectivity index (χ1n) is 5.64. The normalized spacial score (nSPS) is 11.4. The van der Waals surface area contributed by atoms with E-state index >= 15 is 0 Å². The van der Waals surface area contributed by atoms with Crippen LogP contribution in [0.3, 0.4) is 0 Å². The molecule has 0 aliphatic carbocycles. The smallest absolute Gasteiger partial charge is 0.398 e. The minimum atomic E-state index is -4.55. The van der Waals surface area contributed by atoms with E-state index in [0.29, 0.717) is 0 Å². The number of primary amides is 1. The van der Waals surface area contributed by atoms with Gasteiger partial charge in [0.25, 0.3) is 5.91 Å². The Morgan fingerprint density at radius 3 is 2.38 bits per heavy atom. The standard InChI is InChI=1S/C13H9ClF3N3O/c14-11-10(12(19)21)8(18)5-9(20-11)6-3-1-2-4-7(6)13(15,16)17/h1-5H,(H2,18,20)(H2,19,21). The van der Waals surface area contributed by atoms with E-state index in [9.17, 15) is 18.0 Å². The number of amides is 1. The van der Waals surface area contributed by atoms with Crippen molar-refractivity contribution in [3.63, 3.8) is 0 Å². The quantitative estimate of drug-likeness (QED) is 0.835. The Kier molecular flexibility index (Phi) is 3.78. The van der Waals surface area contributed by atoms with Crippen LogP contribution in [0.15, 0.2) is 30.3 Å². The van der Waals surface area contributed by atoms with Crippen LogP contribution in [-0.4, -0.2) is 10.9 Å². The molecule has 0 radical (unpaired) electrons. The third-order valence-corrected chi connectivity index (χ3v) is 3.03. The van der Waals surface area contributed by atoms with E-state index in [1.807, 2.05) is 0 Å². The number of benzene rings is 1. The molecule has 0 atom stereocenters. The molecule has 0 spiro atoms. The second kappa shape index (κ2) is 5.25. The number of anilines is 1. The molecule has 0 saturated carbocycles. The van der Waals surface area contributed by atoms with Gasteiger partial charge in [0.1, 0.15) is 5.15 Å². The van der Waals surface area contributed by atoms with E-state index in [1.165, 1.54) is 18.2 Å². The number of rotatable bonds is 2. The Bertz CT molecular complexity index is 693. The largest absolute Gasteiger partial charge is 0.417 e. The third kappa shape index (κ3) is 2.92. The van der Waals surface area contributed by atoms with Crippen molar-refractivity contribution >= 4 is 23.2 Å². The summed E-state index contributed by atoms with van der Waals surface area (Å²) in [5.74, 6) is -0.902. The van der Waals surface area contributed by atoms with Crippen LogP contribution in [0, 0.1) is 0 Å². The van der Waals surface area contributed by atoms with Crippen molar-refractivity contribution in [2.75, 3.05) is 5.73 Å². The lowest BCUT2D eigenvalue weighted by molar-refractivity contribution is -0.137. The lowest BCUT2D eigenvalue weighted by Crippen LogP contribution is -2.15. The van der Waals surface area contributed by atoms with Gasteiger partial charge < -0.3 is 11.5 Å². The molecule has 2 rings (SSSR count). The second-order valence-electron chi connectivity index (χ2n) is 4.17. The summed E-state index contributed by atoms with van der Waals surface area (Å²) in [5.41, 5.74) is 9.20. The molecule has 0 saturated heterocycles. The Morgan fingerprint density at radius 1 is 1.24 bits per heavy atom. The zero-order valence-corrected chi connectivity index (χ0v) is 11.2. The predicted octanol–water partition coefficient (Wildman–Crippen LogP) is 3.10. The molecule has 8 heteroatoms. The third-order valence-electron chi connectivity index (χ3n) is 2.76. The van der Waals surface area contributed by atoms with E-state index in [4.69, 9.17) is 23.1 Å². The fourth-order valence-electron chi connectivity index (χ4n) is 1.87. The summed E-state index contributed by atoms with van der Waals surface area (Å²) in [6, 6.07) is 5.98. The van der Waals surface area contributed by atoms with Crippen LogP contribution in [0.2, 0.25) is 5.15 Å². The van der Waals surface area contributed by atoms with E-state index in [0.717, 1.165) is 12.1 Å². The number of halogens is 4. The molecule has 2 aromatic rings. The Labute approximate surface area is 122 Å². The molecule has 0 bridgehead atoms. The lowest BCUT2D eigenvalue weighted by atomic mass is 10.0. The van der Waals surface area contributed by atoms with Crippen molar-refractivity contribution < 1.29 is 18.0 Å². The summed E-state index contributed by atoms with van der Waals surface area (Å²) in [5, 5.41) is -0.338. The zero-order chi connectivity index (χ0) is 15.8. The Morgan fingerprint density at radius 2 is 1.86 bits per heavy atom. The van der Waals surface area contributed by atoms with E-state index in [2.05, 4.69) is 4.98 Å². The highest BCUT2D eigenvalue weighted by Gasteiger charge is 2.34. The van der Waals surface area contributed by atoms with Crippen LogP contribution in [0.25, 0.3) is 11.3 Å². The van der Waals surface area contributed by atoms with Gasteiger partial charge in [0.2, 0.25) is 0 Å². The average molecular weight is 316 g/mol. The second-order valence-corrected chi connectivity index (χ2v) is 4.53. The number of alkyl halides is 3. The van der Waals surface area contributed by atoms with Crippen molar-refractivity contribution in [3.05, 3.63) is 46.6 Å². The number of aromatic nitrogens is 1. The Balaban J connectivity index is 2.67. The monoisotopic (exact) mass is 315 g/mol. The maximum absolute atomic E-state index is 13.0. The highest BCUT2D eigenvalue weighted by molar-refractivity contribution is 6.33. The van der Waals surface area contributed by atoms with Crippen LogP contribution in [-0.2, 0) is 6.18 Å². The van der Waals surface area contributed by atoms with Crippen LogP contribution < -0.4 is 11.5 Å². The minimum Gasteiger partial charge on any atom is -0.398 e. The van der Waals surface area contributed by atoms with Gasteiger partial charge in [0, 0.05) is 11.3 Å². The van der Waals surface area contributed by atoms with Gasteiger partial charge in [-0.25, -0.2) is 4.98 Å². The zero-order valence-electron chi connectivity index (χ0n) is 10.4. The topological polar surface area (TPSA) is 82.0 Å². The van der Waals surface area contributed by atoms with Crippen LogP contribution in [0.5, 0.6) is 0 Å². The molecule has 110 valence electrons. The molecule has 0 aliphatic heterocycles. The van der Waals surface area contributed by atoms with Gasteiger partial charge in [-0.2, -0.15) is 13.2 Å². The molecule has 0 aliphatic rings. The average Bonchev–Trinajstić information content (AvgIpc) is 2.36. The minimum absolute atomic E-state index is 0.0876. The number of carbonyl (C=O) groups is 1. The molecule has 0 fully saturated rings. The molecule has 1 aromatic heterocycles. The van der Waals surface area contributed by atoms with E-state index < -0.39 is 17.6 Å². The van der Waals surface area contributed by atoms with Gasteiger partial charge in [-0.3, -0.25) is 4.79 Å².